The van der Waals surface area contributed by atoms with Gasteiger partial charge in [-0.15, -0.1) is 0 Å². The molecule has 0 radical (unpaired) electrons. The molecule has 0 heterocycles. The van der Waals surface area contributed by atoms with Gasteiger partial charge in [-0.1, -0.05) is 123 Å². The van der Waals surface area contributed by atoms with Gasteiger partial charge in [-0.25, -0.2) is 4.57 Å². The Labute approximate surface area is 358 Å². The predicted octanol–water partition coefficient (Wildman–Crippen LogP) is 11.3. The van der Waals surface area contributed by atoms with E-state index < -0.39 is 32.5 Å². The molecule has 11 heteroatoms. The Morgan fingerprint density at radius 2 is 1.02 bits per heavy atom. The summed E-state index contributed by atoms with van der Waals surface area (Å²) in [5.74, 6) is -0.965. The van der Waals surface area contributed by atoms with Crippen LogP contribution < -0.4 is 0 Å². The number of phosphoric acid groups is 1. The largest absolute Gasteiger partial charge is 0.472 e. The van der Waals surface area contributed by atoms with Crippen molar-refractivity contribution >= 4 is 19.8 Å². The monoisotopic (exact) mass is 845 g/mol. The minimum atomic E-state index is -4.42. The third kappa shape index (κ3) is 42.6. The minimum Gasteiger partial charge on any atom is -0.462 e. The van der Waals surface area contributed by atoms with E-state index in [1.165, 1.54) is 0 Å². The number of hydrogen-bond donors (Lipinski definition) is 2. The van der Waals surface area contributed by atoms with Crippen LogP contribution in [0.5, 0.6) is 0 Å². The van der Waals surface area contributed by atoms with Crippen LogP contribution in [0.25, 0.3) is 0 Å². The van der Waals surface area contributed by atoms with Gasteiger partial charge in [-0.05, 0) is 96.3 Å². The zero-order valence-electron chi connectivity index (χ0n) is 37.0. The van der Waals surface area contributed by atoms with E-state index >= 15 is 0 Å². The molecule has 0 aliphatic carbocycles. The molecule has 0 bridgehead atoms. The van der Waals surface area contributed by atoms with Crippen LogP contribution in [0.1, 0.15) is 123 Å². The molecule has 0 aromatic heterocycles. The number of aliphatic hydroxyl groups excluding tert-OH is 1. The lowest BCUT2D eigenvalue weighted by molar-refractivity contribution is -0.870. The lowest BCUT2D eigenvalue weighted by atomic mass is 10.1. The molecule has 334 valence electrons. The van der Waals surface area contributed by atoms with Crippen LogP contribution in [0.2, 0.25) is 0 Å². The molecule has 3 atom stereocenters. The van der Waals surface area contributed by atoms with Gasteiger partial charge in [0, 0.05) is 12.8 Å². The number of aliphatic hydroxyl groups is 1. The van der Waals surface area contributed by atoms with Crippen LogP contribution in [0, 0.1) is 0 Å². The molecule has 0 saturated carbocycles. The number of nitrogens with zero attached hydrogens (tertiary/aromatic N) is 1. The average molecular weight is 845 g/mol. The molecule has 1 unspecified atom stereocenters. The minimum absolute atomic E-state index is 0.000350. The van der Waals surface area contributed by atoms with E-state index in [0.717, 1.165) is 77.0 Å². The Bertz CT molecular complexity index is 1380. The van der Waals surface area contributed by atoms with E-state index in [2.05, 4.69) is 98.1 Å². The number of carbonyl (C=O) groups excluding carboxylic acids is 2. The van der Waals surface area contributed by atoms with Crippen LogP contribution in [0.15, 0.2) is 109 Å². The summed E-state index contributed by atoms with van der Waals surface area (Å²) in [5.41, 5.74) is 0. The fourth-order valence-electron chi connectivity index (χ4n) is 4.90. The number of ether oxygens (including phenoxy) is 2. The molecular weight excluding hydrogens is 765 g/mol. The van der Waals surface area contributed by atoms with E-state index in [1.807, 2.05) is 46.3 Å². The van der Waals surface area contributed by atoms with Gasteiger partial charge in [0.15, 0.2) is 6.10 Å². The number of hydrogen-bond acceptors (Lipinski definition) is 8. The molecule has 0 spiro atoms. The molecule has 0 aliphatic rings. The maximum absolute atomic E-state index is 12.7. The first-order valence-electron chi connectivity index (χ1n) is 21.7. The zero-order chi connectivity index (χ0) is 43.7. The first kappa shape index (κ1) is 55.6. The predicted molar refractivity (Wildman–Crippen MR) is 244 cm³/mol. The van der Waals surface area contributed by atoms with Crippen LogP contribution in [0.4, 0.5) is 0 Å². The third-order valence-corrected chi connectivity index (χ3v) is 9.43. The number of allylic oxidation sites excluding steroid dienone is 18. The maximum Gasteiger partial charge on any atom is 0.472 e. The first-order valence-corrected chi connectivity index (χ1v) is 23.2. The van der Waals surface area contributed by atoms with Crippen molar-refractivity contribution in [2.75, 3.05) is 47.5 Å². The second kappa shape index (κ2) is 38.8. The van der Waals surface area contributed by atoms with E-state index in [1.54, 1.807) is 0 Å². The number of unbranched alkanes of at least 4 members (excludes halogenated alkanes) is 2. The quantitative estimate of drug-likeness (QED) is 0.0206. The van der Waals surface area contributed by atoms with Gasteiger partial charge in [0.25, 0.3) is 0 Å². The van der Waals surface area contributed by atoms with E-state index in [-0.39, 0.29) is 32.2 Å². The summed E-state index contributed by atoms with van der Waals surface area (Å²) < 4.78 is 34.1. The summed E-state index contributed by atoms with van der Waals surface area (Å²) >= 11 is 0. The molecule has 2 N–H and O–H groups in total. The van der Waals surface area contributed by atoms with Crippen LogP contribution in [-0.2, 0) is 32.7 Å². The van der Waals surface area contributed by atoms with Gasteiger partial charge in [0.05, 0.1) is 33.9 Å². The summed E-state index contributed by atoms with van der Waals surface area (Å²) in [5, 5.41) is 9.57. The number of phosphoric ester groups is 1. The fourth-order valence-corrected chi connectivity index (χ4v) is 5.64. The molecule has 10 nitrogen and oxygen atoms in total. The Balaban J connectivity index is 4.60. The van der Waals surface area contributed by atoms with Gasteiger partial charge < -0.3 is 24.0 Å². The first-order chi connectivity index (χ1) is 28.4. The number of quaternary nitrogens is 1. The van der Waals surface area contributed by atoms with Gasteiger partial charge in [-0.2, -0.15) is 0 Å². The standard InChI is InChI=1S/C48H78NO9P/c1-6-8-9-10-11-12-13-14-15-16-17-21-24-27-30-33-36-39-47(51)55-43-46(44-57-59(53,54)56-42-41-49(3,4)5)58-48(52)40-37-34-31-28-25-22-19-18-20-23-26-29-32-35-38-45(50)7-2/h8-9,11-12,14-15,17,19-23,27-32,45-46,50H,6-7,10,13,16,18,24-26,33-44H2,1-5H3/p+1/b9-8-,12-11-,15-14-,21-17-,22-19-,23-20-,30-27-,31-28-,32-29-/t45-,46-/m1/s1. The molecule has 0 aromatic rings. The van der Waals surface area contributed by atoms with Crippen molar-refractivity contribution in [1.29, 1.82) is 0 Å². The summed E-state index contributed by atoms with van der Waals surface area (Å²) in [7, 11) is 1.37. The van der Waals surface area contributed by atoms with Crippen molar-refractivity contribution in [2.24, 2.45) is 0 Å². The average Bonchev–Trinajstić information content (AvgIpc) is 3.19. The summed E-state index contributed by atoms with van der Waals surface area (Å²) in [6, 6.07) is 0. The van der Waals surface area contributed by atoms with Crippen LogP contribution in [-0.4, -0.2) is 86.1 Å². The molecule has 0 saturated heterocycles. The van der Waals surface area contributed by atoms with Gasteiger partial charge in [0.2, 0.25) is 0 Å². The van der Waals surface area contributed by atoms with Gasteiger partial charge >= 0.3 is 19.8 Å². The Morgan fingerprint density at radius 1 is 0.593 bits per heavy atom. The van der Waals surface area contributed by atoms with Crippen molar-refractivity contribution in [2.45, 2.75) is 135 Å². The maximum atomic E-state index is 12.7. The third-order valence-electron chi connectivity index (χ3n) is 8.45. The lowest BCUT2D eigenvalue weighted by Gasteiger charge is -2.24. The number of esters is 2. The summed E-state index contributed by atoms with van der Waals surface area (Å²) in [6.45, 7) is 3.85. The molecule has 0 aliphatic heterocycles. The highest BCUT2D eigenvalue weighted by molar-refractivity contribution is 7.47. The Hall–Kier alpha value is -3.37. The number of carbonyl (C=O) groups is 2. The van der Waals surface area contributed by atoms with Gasteiger partial charge in [-0.3, -0.25) is 18.6 Å². The summed E-state index contributed by atoms with van der Waals surface area (Å²) in [4.78, 5) is 35.3. The van der Waals surface area contributed by atoms with Crippen molar-refractivity contribution < 1.29 is 47.2 Å². The topological polar surface area (TPSA) is 129 Å². The van der Waals surface area contributed by atoms with E-state index in [0.29, 0.717) is 30.3 Å². The second-order valence-electron chi connectivity index (χ2n) is 15.1. The molecular formula is C48H79NO9P+. The van der Waals surface area contributed by atoms with Crippen LogP contribution >= 0.6 is 7.82 Å². The molecule has 0 fully saturated rings. The normalized spacial score (nSPS) is 15.2. The highest BCUT2D eigenvalue weighted by atomic mass is 31.2. The van der Waals surface area contributed by atoms with Crippen molar-refractivity contribution in [3.05, 3.63) is 109 Å². The van der Waals surface area contributed by atoms with E-state index in [4.69, 9.17) is 18.5 Å². The second-order valence-corrected chi connectivity index (χ2v) is 16.6. The molecule has 0 rings (SSSR count). The SMILES string of the molecule is CC/C=C\C/C=C\C/C=C\C/C=C\C/C=C\CCCC(=O)OC[C@H](COP(=O)(O)OCC[N+](C)(C)C)OC(=O)CCC/C=C\C/C=C\C/C=C\C/C=C\CC[C@H](O)CC. The summed E-state index contributed by atoms with van der Waals surface area (Å²) in [6.07, 6.45) is 49.5. The fraction of sp³-hybridized carbons (Fsp3) is 0.583. The number of likely N-dealkylation sites (N-methyl/N-ethyl adjacent to an activating group) is 1. The zero-order valence-corrected chi connectivity index (χ0v) is 37.9. The number of rotatable bonds is 37. The van der Waals surface area contributed by atoms with Crippen molar-refractivity contribution in [3.8, 4) is 0 Å². The van der Waals surface area contributed by atoms with Crippen molar-refractivity contribution in [3.63, 3.8) is 0 Å². The molecule has 0 amide bonds. The van der Waals surface area contributed by atoms with Gasteiger partial charge in [0.1, 0.15) is 19.8 Å². The van der Waals surface area contributed by atoms with Crippen LogP contribution in [0.3, 0.4) is 0 Å². The molecule has 59 heavy (non-hydrogen) atoms. The highest BCUT2D eigenvalue weighted by Crippen LogP contribution is 2.43. The lowest BCUT2D eigenvalue weighted by Crippen LogP contribution is -2.37. The Morgan fingerprint density at radius 3 is 1.46 bits per heavy atom. The smallest absolute Gasteiger partial charge is 0.462 e. The Kier molecular flexibility index (Phi) is 36.6. The highest BCUT2D eigenvalue weighted by Gasteiger charge is 2.27. The molecule has 0 aromatic carbocycles. The van der Waals surface area contributed by atoms with Crippen molar-refractivity contribution in [1.82, 2.24) is 0 Å². The van der Waals surface area contributed by atoms with E-state index in [9.17, 15) is 24.2 Å².